The van der Waals surface area contributed by atoms with Gasteiger partial charge in [0.1, 0.15) is 0 Å². The normalized spacial score (nSPS) is 11.8. The third-order valence-electron chi connectivity index (χ3n) is 3.20. The number of rotatable bonds is 7. The topological polar surface area (TPSA) is 65.4 Å². The predicted octanol–water partition coefficient (Wildman–Crippen LogP) is 2.76. The summed E-state index contributed by atoms with van der Waals surface area (Å²) in [5.74, 6) is 0.660. The van der Waals surface area contributed by atoms with Crippen molar-refractivity contribution in [2.75, 3.05) is 13.7 Å². The minimum absolute atomic E-state index is 0.0620. The number of benzene rings is 1. The number of hydrogen-bond donors (Lipinski definition) is 1. The van der Waals surface area contributed by atoms with Crippen molar-refractivity contribution >= 4 is 17.5 Å². The fourth-order valence-corrected chi connectivity index (χ4v) is 2.46. The summed E-state index contributed by atoms with van der Waals surface area (Å²) >= 11 is 6.19. The zero-order chi connectivity index (χ0) is 16.8. The quantitative estimate of drug-likeness (QED) is 0.843. The van der Waals surface area contributed by atoms with Gasteiger partial charge in [0, 0.05) is 30.5 Å². The van der Waals surface area contributed by atoms with Crippen LogP contribution in [0, 0.1) is 0 Å². The third kappa shape index (κ3) is 4.39. The van der Waals surface area contributed by atoms with Gasteiger partial charge in [0.05, 0.1) is 25.1 Å². The lowest BCUT2D eigenvalue weighted by atomic mass is 10.1. The van der Waals surface area contributed by atoms with Crippen LogP contribution in [0.3, 0.4) is 0 Å². The van der Waals surface area contributed by atoms with Crippen LogP contribution in [0.1, 0.15) is 24.2 Å². The molecular weight excluding hydrogens is 318 g/mol. The van der Waals surface area contributed by atoms with Crippen molar-refractivity contribution in [1.82, 2.24) is 14.9 Å². The molecule has 1 heterocycles. The van der Waals surface area contributed by atoms with Gasteiger partial charge < -0.3 is 19.4 Å². The Kier molecular flexibility index (Phi) is 5.87. The van der Waals surface area contributed by atoms with E-state index in [0.717, 1.165) is 0 Å². The maximum Gasteiger partial charge on any atom is 0.251 e. The Labute approximate surface area is 140 Å². The van der Waals surface area contributed by atoms with Crippen molar-refractivity contribution in [3.63, 3.8) is 0 Å². The number of nitrogens with one attached hydrogen (secondary N) is 1. The average Bonchev–Trinajstić information content (AvgIpc) is 3.01. The van der Waals surface area contributed by atoms with Gasteiger partial charge in [-0.05, 0) is 26.0 Å². The van der Waals surface area contributed by atoms with Gasteiger partial charge >= 0.3 is 0 Å². The molecule has 0 fully saturated rings. The van der Waals surface area contributed by atoms with Gasteiger partial charge in [-0.1, -0.05) is 11.6 Å². The first-order chi connectivity index (χ1) is 11.0. The van der Waals surface area contributed by atoms with Crippen LogP contribution in [0.5, 0.6) is 11.5 Å². The molecule has 0 saturated heterocycles. The van der Waals surface area contributed by atoms with Gasteiger partial charge in [0.15, 0.2) is 11.5 Å². The molecule has 6 nitrogen and oxygen atoms in total. The summed E-state index contributed by atoms with van der Waals surface area (Å²) in [7, 11) is 1.51. The predicted molar refractivity (Wildman–Crippen MR) is 88.3 cm³/mol. The van der Waals surface area contributed by atoms with E-state index in [4.69, 9.17) is 21.1 Å². The summed E-state index contributed by atoms with van der Waals surface area (Å²) < 4.78 is 12.6. The number of carbonyl (C=O) groups is 1. The molecule has 0 aliphatic heterocycles. The SMILES string of the molecule is CCOc1c(Cl)cc(C(=O)NC(C)Cn2ccnc2)cc1OC. The molecule has 0 bridgehead atoms. The maximum atomic E-state index is 12.4. The molecule has 1 aromatic heterocycles. The molecule has 2 aromatic rings. The Balaban J connectivity index is 2.11. The van der Waals surface area contributed by atoms with E-state index in [-0.39, 0.29) is 11.9 Å². The van der Waals surface area contributed by atoms with E-state index in [0.29, 0.717) is 35.2 Å². The Morgan fingerprint density at radius 1 is 1.48 bits per heavy atom. The van der Waals surface area contributed by atoms with Crippen LogP contribution in [-0.4, -0.2) is 35.2 Å². The molecule has 0 aliphatic carbocycles. The van der Waals surface area contributed by atoms with Crippen molar-refractivity contribution in [3.05, 3.63) is 41.4 Å². The summed E-state index contributed by atoms with van der Waals surface area (Å²) in [6.45, 7) is 4.87. The van der Waals surface area contributed by atoms with Gasteiger partial charge in [-0.25, -0.2) is 4.98 Å². The average molecular weight is 338 g/mol. The minimum Gasteiger partial charge on any atom is -0.493 e. The number of carbonyl (C=O) groups excluding carboxylic acids is 1. The highest BCUT2D eigenvalue weighted by atomic mass is 35.5. The van der Waals surface area contributed by atoms with Crippen LogP contribution < -0.4 is 14.8 Å². The first-order valence-corrected chi connectivity index (χ1v) is 7.69. The van der Waals surface area contributed by atoms with Gasteiger partial charge in [-0.15, -0.1) is 0 Å². The minimum atomic E-state index is -0.221. The lowest BCUT2D eigenvalue weighted by Crippen LogP contribution is -2.35. The molecule has 124 valence electrons. The molecule has 7 heteroatoms. The van der Waals surface area contributed by atoms with E-state index in [2.05, 4.69) is 10.3 Å². The molecule has 0 aliphatic rings. The summed E-state index contributed by atoms with van der Waals surface area (Å²) in [5, 5.41) is 3.27. The van der Waals surface area contributed by atoms with Crippen LogP contribution in [0.25, 0.3) is 0 Å². The van der Waals surface area contributed by atoms with Crippen LogP contribution in [0.15, 0.2) is 30.9 Å². The molecule has 1 aromatic carbocycles. The van der Waals surface area contributed by atoms with Crippen LogP contribution in [0.2, 0.25) is 5.02 Å². The van der Waals surface area contributed by atoms with Gasteiger partial charge in [0.25, 0.3) is 5.91 Å². The van der Waals surface area contributed by atoms with Crippen molar-refractivity contribution in [2.24, 2.45) is 0 Å². The Bertz CT molecular complexity index is 659. The fourth-order valence-electron chi connectivity index (χ4n) is 2.20. The highest BCUT2D eigenvalue weighted by Crippen LogP contribution is 2.36. The first-order valence-electron chi connectivity index (χ1n) is 7.32. The highest BCUT2D eigenvalue weighted by Gasteiger charge is 2.17. The van der Waals surface area contributed by atoms with Crippen molar-refractivity contribution < 1.29 is 14.3 Å². The van der Waals surface area contributed by atoms with Gasteiger partial charge in [-0.2, -0.15) is 0 Å². The molecule has 0 spiro atoms. The van der Waals surface area contributed by atoms with E-state index in [1.807, 2.05) is 24.6 Å². The molecule has 1 amide bonds. The van der Waals surface area contributed by atoms with E-state index in [1.165, 1.54) is 7.11 Å². The van der Waals surface area contributed by atoms with Crippen molar-refractivity contribution in [2.45, 2.75) is 26.4 Å². The molecule has 1 N–H and O–H groups in total. The molecule has 1 atom stereocenters. The zero-order valence-electron chi connectivity index (χ0n) is 13.4. The summed E-state index contributed by atoms with van der Waals surface area (Å²) in [6.07, 6.45) is 5.25. The summed E-state index contributed by atoms with van der Waals surface area (Å²) in [6, 6.07) is 3.14. The van der Waals surface area contributed by atoms with Crippen molar-refractivity contribution in [3.8, 4) is 11.5 Å². The fraction of sp³-hybridized carbons (Fsp3) is 0.375. The number of hydrogen-bond acceptors (Lipinski definition) is 4. The number of methoxy groups -OCH3 is 1. The first kappa shape index (κ1) is 17.1. The Hall–Kier alpha value is -2.21. The Morgan fingerprint density at radius 3 is 2.87 bits per heavy atom. The van der Waals surface area contributed by atoms with Crippen molar-refractivity contribution in [1.29, 1.82) is 0 Å². The molecule has 1 unspecified atom stereocenters. The van der Waals surface area contributed by atoms with Gasteiger partial charge in [0.2, 0.25) is 0 Å². The lowest BCUT2D eigenvalue weighted by molar-refractivity contribution is 0.0936. The largest absolute Gasteiger partial charge is 0.493 e. The second-order valence-electron chi connectivity index (χ2n) is 5.06. The molecule has 23 heavy (non-hydrogen) atoms. The van der Waals surface area contributed by atoms with Crippen LogP contribution >= 0.6 is 11.6 Å². The number of ether oxygens (including phenoxy) is 2. The number of imidazole rings is 1. The number of nitrogens with zero attached hydrogens (tertiary/aromatic N) is 2. The second-order valence-corrected chi connectivity index (χ2v) is 5.46. The molecule has 2 rings (SSSR count). The zero-order valence-corrected chi connectivity index (χ0v) is 14.1. The maximum absolute atomic E-state index is 12.4. The standard InChI is InChI=1S/C16H20ClN3O3/c1-4-23-15-13(17)7-12(8-14(15)22-3)16(21)19-11(2)9-20-6-5-18-10-20/h5-8,10-11H,4,9H2,1-3H3,(H,19,21). The van der Waals surface area contributed by atoms with E-state index in [1.54, 1.807) is 24.7 Å². The monoisotopic (exact) mass is 337 g/mol. The van der Waals surface area contributed by atoms with E-state index in [9.17, 15) is 4.79 Å². The van der Waals surface area contributed by atoms with Crippen LogP contribution in [-0.2, 0) is 6.54 Å². The smallest absolute Gasteiger partial charge is 0.251 e. The molecule has 0 saturated carbocycles. The van der Waals surface area contributed by atoms with Crippen LogP contribution in [0.4, 0.5) is 0 Å². The highest BCUT2D eigenvalue weighted by molar-refractivity contribution is 6.32. The number of halogens is 1. The van der Waals surface area contributed by atoms with E-state index < -0.39 is 0 Å². The number of amides is 1. The number of aromatic nitrogens is 2. The Morgan fingerprint density at radius 2 is 2.26 bits per heavy atom. The summed E-state index contributed by atoms with van der Waals surface area (Å²) in [4.78, 5) is 16.4. The molecular formula is C16H20ClN3O3. The van der Waals surface area contributed by atoms with E-state index >= 15 is 0 Å². The summed E-state index contributed by atoms with van der Waals surface area (Å²) in [5.41, 5.74) is 0.424. The van der Waals surface area contributed by atoms with Gasteiger partial charge in [-0.3, -0.25) is 4.79 Å². The lowest BCUT2D eigenvalue weighted by Gasteiger charge is -2.16. The third-order valence-corrected chi connectivity index (χ3v) is 3.48. The molecule has 0 radical (unpaired) electrons. The second kappa shape index (κ2) is 7.87.